The van der Waals surface area contributed by atoms with Gasteiger partial charge in [-0.3, -0.25) is 14.4 Å². The van der Waals surface area contributed by atoms with Gasteiger partial charge in [-0.2, -0.15) is 0 Å². The van der Waals surface area contributed by atoms with Crippen molar-refractivity contribution in [2.45, 2.75) is 335 Å². The third-order valence-electron chi connectivity index (χ3n) is 14.4. The van der Waals surface area contributed by atoms with Gasteiger partial charge < -0.3 is 14.2 Å². The summed E-state index contributed by atoms with van der Waals surface area (Å²) in [7, 11) is 0. The lowest BCUT2D eigenvalue weighted by molar-refractivity contribution is -0.167. The standard InChI is InChI=1S/C71H124O6/c1-4-7-10-13-16-19-22-25-28-31-32-33-34-35-36-37-38-39-40-41-44-46-49-52-55-58-61-64-70(73)76-67-68(77-71(74)65-62-59-56-53-50-47-43-30-27-24-21-18-15-12-9-6-3)66-75-69(72)63-60-57-54-51-48-45-42-29-26-23-20-17-14-11-8-5-2/h7,10,16,19,25,28,32-33,35-36,38-39,41,44,68H,4-6,8-9,11-15,17-18,20-24,26-27,29-31,34,37,40,42-43,45-67H2,1-3H3/b10-7-,19-16-,28-25-,33-32-,36-35-,39-38-,44-41-. The summed E-state index contributed by atoms with van der Waals surface area (Å²) in [5.74, 6) is -0.879. The fourth-order valence-electron chi connectivity index (χ4n) is 9.48. The SMILES string of the molecule is CC/C=C\C/C=C\C/C=C\C/C=C\C/C=C\C/C=C\C/C=C\CCCCCCCC(=O)OCC(COC(=O)CCCCCCCCCCCCCCCCCC)OC(=O)CCCCCCCCCCCCCCCCCC. The van der Waals surface area contributed by atoms with E-state index >= 15 is 0 Å². The minimum atomic E-state index is -0.783. The Morgan fingerprint density at radius 2 is 0.506 bits per heavy atom. The molecular weight excluding hydrogens is 949 g/mol. The second-order valence-corrected chi connectivity index (χ2v) is 22.0. The lowest BCUT2D eigenvalue weighted by atomic mass is 10.0. The van der Waals surface area contributed by atoms with Crippen molar-refractivity contribution in [1.82, 2.24) is 0 Å². The Morgan fingerprint density at radius 1 is 0.273 bits per heavy atom. The van der Waals surface area contributed by atoms with Gasteiger partial charge in [0.05, 0.1) is 0 Å². The van der Waals surface area contributed by atoms with Gasteiger partial charge in [-0.15, -0.1) is 0 Å². The van der Waals surface area contributed by atoms with Gasteiger partial charge in [0.25, 0.3) is 0 Å². The Hall–Kier alpha value is -3.41. The van der Waals surface area contributed by atoms with Gasteiger partial charge in [-0.25, -0.2) is 0 Å². The highest BCUT2D eigenvalue weighted by atomic mass is 16.6. The molecule has 0 aliphatic heterocycles. The van der Waals surface area contributed by atoms with E-state index in [4.69, 9.17) is 14.2 Å². The van der Waals surface area contributed by atoms with E-state index in [1.807, 2.05) is 0 Å². The molecule has 0 bridgehead atoms. The molecule has 6 heteroatoms. The van der Waals surface area contributed by atoms with Crippen LogP contribution in [0.5, 0.6) is 0 Å². The van der Waals surface area contributed by atoms with E-state index in [1.54, 1.807) is 0 Å². The molecule has 0 rings (SSSR count). The summed E-state index contributed by atoms with van der Waals surface area (Å²) in [4.78, 5) is 38.4. The first-order valence-electron chi connectivity index (χ1n) is 33.1. The van der Waals surface area contributed by atoms with Crippen molar-refractivity contribution in [3.63, 3.8) is 0 Å². The molecule has 0 aromatic rings. The van der Waals surface area contributed by atoms with Gasteiger partial charge in [-0.1, -0.05) is 318 Å². The number of esters is 3. The maximum absolute atomic E-state index is 12.9. The quantitative estimate of drug-likeness (QED) is 0.0261. The zero-order valence-corrected chi connectivity index (χ0v) is 51.0. The van der Waals surface area contributed by atoms with Gasteiger partial charge in [0, 0.05) is 19.3 Å². The van der Waals surface area contributed by atoms with E-state index in [1.165, 1.54) is 167 Å². The monoisotopic (exact) mass is 1070 g/mol. The number of carbonyl (C=O) groups excluding carboxylic acids is 3. The molecule has 0 aromatic heterocycles. The first kappa shape index (κ1) is 73.6. The predicted octanol–water partition coefficient (Wildman–Crippen LogP) is 22.7. The molecule has 0 aliphatic rings. The smallest absolute Gasteiger partial charge is 0.306 e. The van der Waals surface area contributed by atoms with Crippen molar-refractivity contribution >= 4 is 17.9 Å². The molecule has 0 saturated carbocycles. The third kappa shape index (κ3) is 63.3. The largest absolute Gasteiger partial charge is 0.462 e. The zero-order valence-electron chi connectivity index (χ0n) is 51.0. The molecule has 0 spiro atoms. The van der Waals surface area contributed by atoms with Crippen LogP contribution in [0.3, 0.4) is 0 Å². The minimum absolute atomic E-state index is 0.0779. The van der Waals surface area contributed by atoms with E-state index in [0.29, 0.717) is 19.3 Å². The van der Waals surface area contributed by atoms with Crippen molar-refractivity contribution in [3.8, 4) is 0 Å². The summed E-state index contributed by atoms with van der Waals surface area (Å²) in [6.45, 7) is 6.56. The zero-order chi connectivity index (χ0) is 55.7. The Kier molecular flexibility index (Phi) is 62.2. The summed E-state index contributed by atoms with van der Waals surface area (Å²) in [5.41, 5.74) is 0. The van der Waals surface area contributed by atoms with Crippen molar-refractivity contribution in [2.75, 3.05) is 13.2 Å². The number of unbranched alkanes of at least 4 members (excludes halogenated alkanes) is 35. The fourth-order valence-corrected chi connectivity index (χ4v) is 9.48. The van der Waals surface area contributed by atoms with Gasteiger partial charge in [0.15, 0.2) is 6.10 Å². The van der Waals surface area contributed by atoms with Crippen LogP contribution in [0.25, 0.3) is 0 Å². The second-order valence-electron chi connectivity index (χ2n) is 22.0. The van der Waals surface area contributed by atoms with E-state index in [0.717, 1.165) is 122 Å². The predicted molar refractivity (Wildman–Crippen MR) is 334 cm³/mol. The Bertz CT molecular complexity index is 1470. The average molecular weight is 1070 g/mol. The topological polar surface area (TPSA) is 78.9 Å². The van der Waals surface area contributed by atoms with Crippen LogP contribution in [0, 0.1) is 0 Å². The average Bonchev–Trinajstić information content (AvgIpc) is 3.43. The lowest BCUT2D eigenvalue weighted by Crippen LogP contribution is -2.30. The first-order chi connectivity index (χ1) is 38.0. The van der Waals surface area contributed by atoms with E-state index in [2.05, 4.69) is 106 Å². The van der Waals surface area contributed by atoms with Crippen molar-refractivity contribution in [3.05, 3.63) is 85.1 Å². The third-order valence-corrected chi connectivity index (χ3v) is 14.4. The number of rotatable bonds is 60. The van der Waals surface area contributed by atoms with Crippen molar-refractivity contribution < 1.29 is 28.6 Å². The number of hydrogen-bond donors (Lipinski definition) is 0. The highest BCUT2D eigenvalue weighted by Crippen LogP contribution is 2.17. The van der Waals surface area contributed by atoms with Crippen molar-refractivity contribution in [2.24, 2.45) is 0 Å². The molecule has 0 saturated heterocycles. The van der Waals surface area contributed by atoms with E-state index < -0.39 is 6.10 Å². The lowest BCUT2D eigenvalue weighted by Gasteiger charge is -2.18. The molecule has 444 valence electrons. The summed E-state index contributed by atoms with van der Waals surface area (Å²) in [5, 5.41) is 0. The molecule has 0 heterocycles. The summed E-state index contributed by atoms with van der Waals surface area (Å²) >= 11 is 0. The Labute approximate surface area is 477 Å². The molecule has 77 heavy (non-hydrogen) atoms. The maximum Gasteiger partial charge on any atom is 0.306 e. The molecule has 0 radical (unpaired) electrons. The van der Waals surface area contributed by atoms with Gasteiger partial charge >= 0.3 is 17.9 Å². The highest BCUT2D eigenvalue weighted by molar-refractivity contribution is 5.71. The molecule has 6 nitrogen and oxygen atoms in total. The Balaban J connectivity index is 4.36. The molecule has 0 fully saturated rings. The van der Waals surface area contributed by atoms with Gasteiger partial charge in [-0.05, 0) is 77.0 Å². The molecular formula is C71H124O6. The second kappa shape index (κ2) is 65.1. The van der Waals surface area contributed by atoms with Gasteiger partial charge in [0.2, 0.25) is 0 Å². The Morgan fingerprint density at radius 3 is 0.792 bits per heavy atom. The van der Waals surface area contributed by atoms with E-state index in [9.17, 15) is 14.4 Å². The molecule has 1 atom stereocenters. The van der Waals surface area contributed by atoms with E-state index in [-0.39, 0.29) is 31.1 Å². The van der Waals surface area contributed by atoms with Crippen LogP contribution in [-0.2, 0) is 28.6 Å². The normalized spacial score (nSPS) is 12.6. The number of ether oxygens (including phenoxy) is 3. The summed E-state index contributed by atoms with van der Waals surface area (Å²) in [6, 6.07) is 0. The molecule has 0 aliphatic carbocycles. The minimum Gasteiger partial charge on any atom is -0.462 e. The number of hydrogen-bond acceptors (Lipinski definition) is 6. The molecule has 0 aromatic carbocycles. The van der Waals surface area contributed by atoms with Crippen LogP contribution in [0.2, 0.25) is 0 Å². The summed E-state index contributed by atoms with van der Waals surface area (Å²) in [6.07, 6.45) is 85.9. The van der Waals surface area contributed by atoms with Crippen LogP contribution >= 0.6 is 0 Å². The van der Waals surface area contributed by atoms with Gasteiger partial charge in [0.1, 0.15) is 13.2 Å². The number of carbonyl (C=O) groups is 3. The first-order valence-corrected chi connectivity index (χ1v) is 33.1. The molecule has 0 amide bonds. The fraction of sp³-hybridized carbons (Fsp3) is 0.761. The van der Waals surface area contributed by atoms with Crippen molar-refractivity contribution in [1.29, 1.82) is 0 Å². The van der Waals surface area contributed by atoms with Crippen LogP contribution in [-0.4, -0.2) is 37.2 Å². The highest BCUT2D eigenvalue weighted by Gasteiger charge is 2.19. The van der Waals surface area contributed by atoms with Crippen LogP contribution < -0.4 is 0 Å². The molecule has 1 unspecified atom stereocenters. The maximum atomic E-state index is 12.9. The van der Waals surface area contributed by atoms with Crippen LogP contribution in [0.15, 0.2) is 85.1 Å². The van der Waals surface area contributed by atoms with Crippen LogP contribution in [0.1, 0.15) is 329 Å². The number of allylic oxidation sites excluding steroid dienone is 14. The van der Waals surface area contributed by atoms with Crippen LogP contribution in [0.4, 0.5) is 0 Å². The molecule has 0 N–H and O–H groups in total. The summed E-state index contributed by atoms with van der Waals surface area (Å²) < 4.78 is 16.9.